The van der Waals surface area contributed by atoms with Crippen molar-refractivity contribution < 1.29 is 29.1 Å². The zero-order valence-corrected chi connectivity index (χ0v) is 23.1. The van der Waals surface area contributed by atoms with Gasteiger partial charge in [0.05, 0.1) is 6.04 Å². The minimum atomic E-state index is -1.24. The molecule has 0 fully saturated rings. The number of aromatic amines is 1. The lowest BCUT2D eigenvalue weighted by molar-refractivity contribution is -0.142. The smallest absolute Gasteiger partial charge is 0.326 e. The topological polar surface area (TPSA) is 209 Å². The number of H-pyrrole nitrogens is 1. The molecule has 4 atom stereocenters. The van der Waals surface area contributed by atoms with E-state index in [0.717, 1.165) is 16.5 Å². The van der Waals surface area contributed by atoms with Gasteiger partial charge in [0.15, 0.2) is 0 Å². The highest BCUT2D eigenvalue weighted by molar-refractivity contribution is 7.80. The number of carbonyl (C=O) groups excluding carboxylic acids is 4. The van der Waals surface area contributed by atoms with Crippen LogP contribution in [0.3, 0.4) is 0 Å². The molecule has 0 saturated heterocycles. The highest BCUT2D eigenvalue weighted by Crippen LogP contribution is 2.19. The Morgan fingerprint density at radius 3 is 2.10 bits per heavy atom. The molecule has 0 aliphatic heterocycles. The largest absolute Gasteiger partial charge is 0.480 e. The third-order valence-corrected chi connectivity index (χ3v) is 6.85. The standard InChI is InChI=1S/C28H34N6O6S/c29-19(10-11-24(30)35)25(36)32-21(13-17-14-31-20-9-5-4-8-18(17)20)26(37)34-23(15-41)27(38)33-22(28(39)40)12-16-6-2-1-3-7-16/h1-9,14,19,21-23,31,41H,10-13,15,29H2,(H2,30,35)(H,32,36)(H,33,38)(H,34,37)(H,39,40). The van der Waals surface area contributed by atoms with E-state index >= 15 is 0 Å². The van der Waals surface area contributed by atoms with E-state index in [4.69, 9.17) is 11.5 Å². The Kier molecular flexibility index (Phi) is 11.3. The molecule has 0 bridgehead atoms. The van der Waals surface area contributed by atoms with Crippen molar-refractivity contribution in [3.63, 3.8) is 0 Å². The van der Waals surface area contributed by atoms with Gasteiger partial charge in [-0.2, -0.15) is 12.6 Å². The minimum absolute atomic E-state index is 0.0117. The van der Waals surface area contributed by atoms with Crippen LogP contribution in [0.2, 0.25) is 0 Å². The fourth-order valence-electron chi connectivity index (χ4n) is 4.23. The van der Waals surface area contributed by atoms with Crippen LogP contribution in [0.1, 0.15) is 24.0 Å². The van der Waals surface area contributed by atoms with Crippen LogP contribution in [0.5, 0.6) is 0 Å². The number of rotatable bonds is 15. The van der Waals surface area contributed by atoms with Crippen LogP contribution in [-0.4, -0.2) is 69.6 Å². The molecule has 0 aliphatic carbocycles. The molecule has 0 saturated carbocycles. The van der Waals surface area contributed by atoms with E-state index in [9.17, 15) is 29.1 Å². The number of nitrogens with two attached hydrogens (primary N) is 2. The third-order valence-electron chi connectivity index (χ3n) is 6.48. The van der Waals surface area contributed by atoms with Gasteiger partial charge in [0.2, 0.25) is 23.6 Å². The van der Waals surface area contributed by atoms with E-state index in [1.807, 2.05) is 24.3 Å². The van der Waals surface area contributed by atoms with Crippen molar-refractivity contribution in [3.05, 3.63) is 71.9 Å². The van der Waals surface area contributed by atoms with Crippen molar-refractivity contribution in [1.29, 1.82) is 0 Å². The second kappa shape index (κ2) is 14.9. The van der Waals surface area contributed by atoms with Crippen molar-refractivity contribution in [1.82, 2.24) is 20.9 Å². The fourth-order valence-corrected chi connectivity index (χ4v) is 4.48. The van der Waals surface area contributed by atoms with Gasteiger partial charge in [0.25, 0.3) is 0 Å². The summed E-state index contributed by atoms with van der Waals surface area (Å²) in [5.41, 5.74) is 13.3. The molecule has 0 aliphatic rings. The van der Waals surface area contributed by atoms with Crippen LogP contribution in [0.25, 0.3) is 10.9 Å². The molecule has 4 amide bonds. The van der Waals surface area contributed by atoms with Crippen molar-refractivity contribution >= 4 is 53.1 Å². The maximum atomic E-state index is 13.4. The summed E-state index contributed by atoms with van der Waals surface area (Å²) in [7, 11) is 0. The number of fused-ring (bicyclic) bond motifs is 1. The van der Waals surface area contributed by atoms with E-state index < -0.39 is 53.8 Å². The number of carboxylic acids is 1. The zero-order valence-electron chi connectivity index (χ0n) is 22.2. The molecule has 0 spiro atoms. The van der Waals surface area contributed by atoms with Crippen molar-refractivity contribution in [2.45, 2.75) is 49.9 Å². The van der Waals surface area contributed by atoms with Gasteiger partial charge in [-0.15, -0.1) is 0 Å². The predicted octanol–water partition coefficient (Wildman–Crippen LogP) is 0.0147. The molecule has 4 unspecified atom stereocenters. The van der Waals surface area contributed by atoms with E-state index in [2.05, 4.69) is 33.6 Å². The molecule has 1 aromatic heterocycles. The summed E-state index contributed by atoms with van der Waals surface area (Å²) >= 11 is 4.18. The molecule has 13 heteroatoms. The van der Waals surface area contributed by atoms with Crippen molar-refractivity contribution in [2.75, 3.05) is 5.75 Å². The summed E-state index contributed by atoms with van der Waals surface area (Å²) in [5, 5.41) is 18.1. The third kappa shape index (κ3) is 9.08. The van der Waals surface area contributed by atoms with E-state index in [1.165, 1.54) is 0 Å². The van der Waals surface area contributed by atoms with E-state index in [0.29, 0.717) is 5.56 Å². The summed E-state index contributed by atoms with van der Waals surface area (Å²) in [4.78, 5) is 65.3. The molecule has 3 rings (SSSR count). The van der Waals surface area contributed by atoms with Gasteiger partial charge in [0.1, 0.15) is 18.1 Å². The number of thiol groups is 1. The first-order chi connectivity index (χ1) is 19.6. The number of carbonyl (C=O) groups is 5. The number of aromatic nitrogens is 1. The molecule has 0 radical (unpaired) electrons. The molecular weight excluding hydrogens is 548 g/mol. The van der Waals surface area contributed by atoms with Crippen LogP contribution in [-0.2, 0) is 36.8 Å². The Labute approximate surface area is 242 Å². The molecule has 1 heterocycles. The Balaban J connectivity index is 1.75. The van der Waals surface area contributed by atoms with Crippen LogP contribution in [0.15, 0.2) is 60.8 Å². The molecular formula is C28H34N6O6S. The Morgan fingerprint density at radius 1 is 0.829 bits per heavy atom. The number of nitrogens with one attached hydrogen (secondary N) is 4. The van der Waals surface area contributed by atoms with Crippen LogP contribution >= 0.6 is 12.6 Å². The molecule has 9 N–H and O–H groups in total. The van der Waals surface area contributed by atoms with Gasteiger partial charge < -0.3 is 37.5 Å². The quantitative estimate of drug-likeness (QED) is 0.115. The summed E-state index contributed by atoms with van der Waals surface area (Å²) in [6, 6.07) is 11.5. The lowest BCUT2D eigenvalue weighted by Crippen LogP contribution is -2.58. The first kappa shape index (κ1) is 31.2. The number of para-hydroxylation sites is 1. The van der Waals surface area contributed by atoms with Gasteiger partial charge in [0, 0.05) is 42.1 Å². The molecule has 2 aromatic carbocycles. The highest BCUT2D eigenvalue weighted by atomic mass is 32.1. The number of amides is 4. The second-order valence-electron chi connectivity index (χ2n) is 9.57. The van der Waals surface area contributed by atoms with Gasteiger partial charge in [-0.05, 0) is 23.6 Å². The highest BCUT2D eigenvalue weighted by Gasteiger charge is 2.30. The summed E-state index contributed by atoms with van der Waals surface area (Å²) in [6.45, 7) is 0. The van der Waals surface area contributed by atoms with Gasteiger partial charge >= 0.3 is 5.97 Å². The Bertz CT molecular complexity index is 1380. The number of primary amides is 1. The first-order valence-electron chi connectivity index (χ1n) is 13.0. The average molecular weight is 583 g/mol. The lowest BCUT2D eigenvalue weighted by Gasteiger charge is -2.24. The summed E-state index contributed by atoms with van der Waals surface area (Å²) < 4.78 is 0. The lowest BCUT2D eigenvalue weighted by atomic mass is 10.0. The Morgan fingerprint density at radius 2 is 1.44 bits per heavy atom. The van der Waals surface area contributed by atoms with Crippen molar-refractivity contribution in [2.24, 2.45) is 11.5 Å². The average Bonchev–Trinajstić information content (AvgIpc) is 3.36. The molecule has 218 valence electrons. The number of hydrogen-bond donors (Lipinski definition) is 8. The maximum Gasteiger partial charge on any atom is 0.326 e. The number of hydrogen-bond acceptors (Lipinski definition) is 7. The zero-order chi connectivity index (χ0) is 29.9. The van der Waals surface area contributed by atoms with Crippen molar-refractivity contribution in [3.8, 4) is 0 Å². The fraction of sp³-hybridized carbons (Fsp3) is 0.321. The molecule has 12 nitrogen and oxygen atoms in total. The van der Waals surface area contributed by atoms with Gasteiger partial charge in [-0.3, -0.25) is 19.2 Å². The monoisotopic (exact) mass is 582 g/mol. The Hall–Kier alpha value is -4.36. The number of aliphatic carboxylic acids is 1. The number of benzene rings is 2. The SMILES string of the molecule is NC(=O)CCC(N)C(=O)NC(Cc1c[nH]c2ccccc12)C(=O)NC(CS)C(=O)NC(Cc1ccccc1)C(=O)O. The van der Waals surface area contributed by atoms with E-state index in [-0.39, 0.29) is 31.4 Å². The number of carboxylic acid groups (broad SMARTS) is 1. The summed E-state index contributed by atoms with van der Waals surface area (Å²) in [5.74, 6) is -4.10. The van der Waals surface area contributed by atoms with Gasteiger partial charge in [-0.1, -0.05) is 48.5 Å². The summed E-state index contributed by atoms with van der Waals surface area (Å²) in [6.07, 6.45) is 1.69. The normalized spacial score (nSPS) is 13.9. The van der Waals surface area contributed by atoms with Crippen LogP contribution < -0.4 is 27.4 Å². The molecule has 3 aromatic rings. The van der Waals surface area contributed by atoms with Gasteiger partial charge in [-0.25, -0.2) is 4.79 Å². The van der Waals surface area contributed by atoms with Crippen LogP contribution in [0, 0.1) is 0 Å². The molecule has 41 heavy (non-hydrogen) atoms. The maximum absolute atomic E-state index is 13.4. The minimum Gasteiger partial charge on any atom is -0.480 e. The predicted molar refractivity (Wildman–Crippen MR) is 156 cm³/mol. The van der Waals surface area contributed by atoms with E-state index in [1.54, 1.807) is 36.5 Å². The first-order valence-corrected chi connectivity index (χ1v) is 13.6. The van der Waals surface area contributed by atoms with Crippen LogP contribution in [0.4, 0.5) is 0 Å². The second-order valence-corrected chi connectivity index (χ2v) is 9.93.